The molecule has 2 saturated heterocycles. The molecule has 8 nitrogen and oxygen atoms in total. The molecule has 0 N–H and O–H groups in total. The van der Waals surface area contributed by atoms with Crippen LogP contribution in [0.4, 0.5) is 0 Å². The van der Waals surface area contributed by atoms with Gasteiger partial charge in [0.2, 0.25) is 0 Å². The average Bonchev–Trinajstić information content (AvgIpc) is 2.85. The van der Waals surface area contributed by atoms with Crippen LogP contribution in [-0.2, 0) is 14.9 Å². The van der Waals surface area contributed by atoms with Crippen LogP contribution in [0.3, 0.4) is 0 Å². The van der Waals surface area contributed by atoms with Crippen molar-refractivity contribution < 1.29 is 22.4 Å². The lowest BCUT2D eigenvalue weighted by Gasteiger charge is -2.40. The Hall–Kier alpha value is -0.940. The number of amides is 1. The van der Waals surface area contributed by atoms with Crippen LogP contribution in [0.15, 0.2) is 8.89 Å². The van der Waals surface area contributed by atoms with Gasteiger partial charge in [-0.3, -0.25) is 4.79 Å². The van der Waals surface area contributed by atoms with Gasteiger partial charge in [-0.15, -0.1) is 0 Å². The van der Waals surface area contributed by atoms with E-state index in [1.54, 1.807) is 18.7 Å². The van der Waals surface area contributed by atoms with Crippen molar-refractivity contribution >= 4 is 32.0 Å². The molecule has 0 radical (unpaired) electrons. The summed E-state index contributed by atoms with van der Waals surface area (Å²) < 4.78 is 40.7. The van der Waals surface area contributed by atoms with Crippen molar-refractivity contribution in [2.75, 3.05) is 39.3 Å². The van der Waals surface area contributed by atoms with Crippen molar-refractivity contribution in [3.63, 3.8) is 0 Å². The van der Waals surface area contributed by atoms with E-state index in [1.165, 1.54) is 8.61 Å². The second-order valence-corrected chi connectivity index (χ2v) is 9.90. The van der Waals surface area contributed by atoms with Crippen LogP contribution >= 0.6 is 15.9 Å². The van der Waals surface area contributed by atoms with E-state index < -0.39 is 10.2 Å². The summed E-state index contributed by atoms with van der Waals surface area (Å²) in [6.45, 7) is 9.27. The minimum Gasteiger partial charge on any atom is -0.465 e. The van der Waals surface area contributed by atoms with Gasteiger partial charge in [0.05, 0.1) is 22.2 Å². The zero-order chi connectivity index (χ0) is 19.9. The van der Waals surface area contributed by atoms with Crippen molar-refractivity contribution in [3.05, 3.63) is 21.6 Å². The maximum atomic E-state index is 13.0. The Balaban J connectivity index is 1.67. The second-order valence-electron chi connectivity index (χ2n) is 7.18. The fourth-order valence-electron chi connectivity index (χ4n) is 3.66. The van der Waals surface area contributed by atoms with Crippen LogP contribution < -0.4 is 0 Å². The van der Waals surface area contributed by atoms with Crippen LogP contribution in [-0.4, -0.2) is 79.3 Å². The number of nitrogens with zero attached hydrogens (tertiary/aromatic N) is 3. The molecule has 27 heavy (non-hydrogen) atoms. The van der Waals surface area contributed by atoms with Gasteiger partial charge in [0.25, 0.3) is 16.1 Å². The Kier molecular flexibility index (Phi) is 6.02. The Morgan fingerprint density at radius 1 is 1.00 bits per heavy atom. The minimum absolute atomic E-state index is 0.129. The number of furan rings is 1. The van der Waals surface area contributed by atoms with Crippen molar-refractivity contribution in [3.8, 4) is 0 Å². The Bertz CT molecular complexity index is 807. The molecule has 3 heterocycles. The lowest BCUT2D eigenvalue weighted by atomic mass is 10.2. The van der Waals surface area contributed by atoms with E-state index in [4.69, 9.17) is 9.15 Å². The predicted octanol–water partition coefficient (Wildman–Crippen LogP) is 1.77. The largest absolute Gasteiger partial charge is 0.465 e. The number of morpholine rings is 1. The van der Waals surface area contributed by atoms with Crippen LogP contribution in [0, 0.1) is 13.8 Å². The quantitative estimate of drug-likeness (QED) is 0.681. The summed E-state index contributed by atoms with van der Waals surface area (Å²) >= 11 is 3.41. The minimum atomic E-state index is -3.56. The summed E-state index contributed by atoms with van der Waals surface area (Å²) in [4.78, 5) is 14.5. The molecule has 2 fully saturated rings. The Morgan fingerprint density at radius 3 is 2.04 bits per heavy atom. The van der Waals surface area contributed by atoms with Gasteiger partial charge in [0.15, 0.2) is 0 Å². The third kappa shape index (κ3) is 4.09. The summed E-state index contributed by atoms with van der Waals surface area (Å²) in [5.74, 6) is 1.09. The normalized spacial score (nSPS) is 25.7. The molecule has 0 spiro atoms. The molecule has 1 amide bonds. The van der Waals surface area contributed by atoms with Gasteiger partial charge < -0.3 is 14.1 Å². The fourth-order valence-corrected chi connectivity index (χ4v) is 5.94. The van der Waals surface area contributed by atoms with Gasteiger partial charge in [-0.05, 0) is 43.6 Å². The molecule has 2 aliphatic heterocycles. The van der Waals surface area contributed by atoms with Gasteiger partial charge in [-0.1, -0.05) is 0 Å². The average molecular weight is 464 g/mol. The smallest absolute Gasteiger partial charge is 0.282 e. The summed E-state index contributed by atoms with van der Waals surface area (Å²) in [6.07, 6.45) is -0.257. The Labute approximate surface area is 168 Å². The van der Waals surface area contributed by atoms with Gasteiger partial charge in [-0.25, -0.2) is 0 Å². The predicted molar refractivity (Wildman–Crippen MR) is 104 cm³/mol. The molecule has 2 aliphatic rings. The van der Waals surface area contributed by atoms with E-state index in [0.29, 0.717) is 47.7 Å². The summed E-state index contributed by atoms with van der Waals surface area (Å²) in [5, 5.41) is 0. The Morgan fingerprint density at radius 2 is 1.56 bits per heavy atom. The first kappa shape index (κ1) is 20.8. The first-order valence-corrected chi connectivity index (χ1v) is 11.3. The van der Waals surface area contributed by atoms with E-state index in [2.05, 4.69) is 15.9 Å². The molecular formula is C17H26BrN3O5S. The highest BCUT2D eigenvalue weighted by molar-refractivity contribution is 9.10. The van der Waals surface area contributed by atoms with Crippen LogP contribution in [0.1, 0.15) is 35.7 Å². The molecule has 0 saturated carbocycles. The maximum Gasteiger partial charge on any atom is 0.282 e. The van der Waals surface area contributed by atoms with Crippen LogP contribution in [0.2, 0.25) is 0 Å². The number of rotatable bonds is 3. The zero-order valence-electron chi connectivity index (χ0n) is 16.1. The van der Waals surface area contributed by atoms with Gasteiger partial charge in [0.1, 0.15) is 11.5 Å². The lowest BCUT2D eigenvalue weighted by Crippen LogP contribution is -2.57. The summed E-state index contributed by atoms with van der Waals surface area (Å²) in [5.41, 5.74) is 0.514. The lowest BCUT2D eigenvalue weighted by molar-refractivity contribution is -0.0457. The highest BCUT2D eigenvalue weighted by Crippen LogP contribution is 2.29. The van der Waals surface area contributed by atoms with E-state index in [1.807, 2.05) is 13.8 Å². The van der Waals surface area contributed by atoms with Crippen molar-refractivity contribution in [2.45, 2.75) is 39.9 Å². The third-order valence-corrected chi connectivity index (χ3v) is 7.89. The van der Waals surface area contributed by atoms with Crippen molar-refractivity contribution in [2.24, 2.45) is 0 Å². The highest BCUT2D eigenvalue weighted by atomic mass is 79.9. The van der Waals surface area contributed by atoms with Gasteiger partial charge >= 0.3 is 0 Å². The first-order valence-electron chi connectivity index (χ1n) is 9.06. The molecule has 3 rings (SSSR count). The molecule has 1 aromatic rings. The fraction of sp³-hybridized carbons (Fsp3) is 0.706. The highest BCUT2D eigenvalue weighted by Gasteiger charge is 2.38. The number of carbonyl (C=O) groups excluding carboxylic acids is 1. The summed E-state index contributed by atoms with van der Waals surface area (Å²) in [7, 11) is -3.56. The van der Waals surface area contributed by atoms with E-state index in [-0.39, 0.29) is 31.2 Å². The second kappa shape index (κ2) is 7.82. The van der Waals surface area contributed by atoms with Gasteiger partial charge in [-0.2, -0.15) is 17.0 Å². The standard InChI is InChI=1S/C17H26BrN3O5S/c1-11-9-21(10-12(2)25-11)27(23,24)20-7-5-19(6-8-20)17(22)15-13(3)26-14(4)16(15)18/h11-12H,5-10H2,1-4H3. The number of halogens is 1. The number of hydrogen-bond donors (Lipinski definition) is 0. The SMILES string of the molecule is Cc1oc(C)c(C(=O)N2CCN(S(=O)(=O)N3CC(C)OC(C)C3)CC2)c1Br. The third-order valence-electron chi connectivity index (χ3n) is 4.97. The monoisotopic (exact) mass is 463 g/mol. The molecular weight excluding hydrogens is 438 g/mol. The van der Waals surface area contributed by atoms with Gasteiger partial charge in [0, 0.05) is 39.3 Å². The van der Waals surface area contributed by atoms with Crippen molar-refractivity contribution in [1.82, 2.24) is 13.5 Å². The number of ether oxygens (including phenoxy) is 1. The zero-order valence-corrected chi connectivity index (χ0v) is 18.5. The number of carbonyl (C=O) groups is 1. The van der Waals surface area contributed by atoms with E-state index in [9.17, 15) is 13.2 Å². The van der Waals surface area contributed by atoms with Crippen LogP contribution in [0.25, 0.3) is 0 Å². The topological polar surface area (TPSA) is 83.3 Å². The molecule has 0 aromatic carbocycles. The number of piperazine rings is 1. The molecule has 1 aromatic heterocycles. The number of aryl methyl sites for hydroxylation is 2. The molecule has 2 unspecified atom stereocenters. The number of hydrogen-bond acceptors (Lipinski definition) is 5. The van der Waals surface area contributed by atoms with Crippen LogP contribution in [0.5, 0.6) is 0 Å². The molecule has 10 heteroatoms. The van der Waals surface area contributed by atoms with Crippen molar-refractivity contribution in [1.29, 1.82) is 0 Å². The molecule has 152 valence electrons. The molecule has 2 atom stereocenters. The molecule has 0 bridgehead atoms. The summed E-state index contributed by atoms with van der Waals surface area (Å²) in [6, 6.07) is 0. The van der Waals surface area contributed by atoms with E-state index >= 15 is 0 Å². The molecule has 0 aliphatic carbocycles. The van der Waals surface area contributed by atoms with E-state index in [0.717, 1.165) is 0 Å². The first-order chi connectivity index (χ1) is 12.6. The maximum absolute atomic E-state index is 13.0.